The van der Waals surface area contributed by atoms with E-state index in [1.807, 2.05) is 12.1 Å². The highest BCUT2D eigenvalue weighted by Crippen LogP contribution is 2.28. The van der Waals surface area contributed by atoms with E-state index >= 15 is 0 Å². The molecule has 1 aromatic heterocycles. The van der Waals surface area contributed by atoms with Crippen molar-refractivity contribution in [3.8, 4) is 0 Å². The van der Waals surface area contributed by atoms with E-state index in [1.54, 1.807) is 12.1 Å². The molecule has 0 N–H and O–H groups in total. The van der Waals surface area contributed by atoms with Crippen molar-refractivity contribution >= 4 is 22.4 Å². The molecule has 5 nitrogen and oxygen atoms in total. The number of hydrogen-bond donors (Lipinski definition) is 0. The molecule has 0 bridgehead atoms. The number of anilines is 1. The van der Waals surface area contributed by atoms with Crippen LogP contribution in [0.1, 0.15) is 25.7 Å². The summed E-state index contributed by atoms with van der Waals surface area (Å²) >= 11 is 0. The minimum absolute atomic E-state index is 0.108. The number of pyridine rings is 1. The maximum atomic E-state index is 10.8. The van der Waals surface area contributed by atoms with Crippen LogP contribution in [0.2, 0.25) is 0 Å². The number of fused-ring (bicyclic) bond motifs is 1. The van der Waals surface area contributed by atoms with Crippen LogP contribution >= 0.6 is 0 Å². The van der Waals surface area contributed by atoms with Gasteiger partial charge in [0.1, 0.15) is 5.82 Å². The van der Waals surface area contributed by atoms with Gasteiger partial charge in [0, 0.05) is 30.6 Å². The Morgan fingerprint density at radius 1 is 1.25 bits per heavy atom. The van der Waals surface area contributed by atoms with E-state index in [4.69, 9.17) is 0 Å². The Hall–Kier alpha value is -2.17. The summed E-state index contributed by atoms with van der Waals surface area (Å²) in [4.78, 5) is 17.2. The summed E-state index contributed by atoms with van der Waals surface area (Å²) in [6, 6.07) is 9.23. The quantitative estimate of drug-likeness (QED) is 0.633. The Bertz CT molecular complexity index is 651. The molecule has 20 heavy (non-hydrogen) atoms. The van der Waals surface area contributed by atoms with Crippen LogP contribution in [0.3, 0.4) is 0 Å². The third-order valence-electron chi connectivity index (χ3n) is 4.10. The second kappa shape index (κ2) is 5.07. The minimum Gasteiger partial charge on any atom is -0.357 e. The van der Waals surface area contributed by atoms with Gasteiger partial charge in [-0.15, -0.1) is 0 Å². The third kappa shape index (κ3) is 2.31. The Kier molecular flexibility index (Phi) is 3.26. The Morgan fingerprint density at radius 2 is 2.00 bits per heavy atom. The normalized spacial score (nSPS) is 15.7. The smallest absolute Gasteiger partial charge is 0.270 e. The fourth-order valence-electron chi connectivity index (χ4n) is 2.89. The molecule has 1 saturated carbocycles. The lowest BCUT2D eigenvalue weighted by Crippen LogP contribution is -2.29. The van der Waals surface area contributed by atoms with Crippen LogP contribution in [-0.2, 0) is 0 Å². The molecule has 1 fully saturated rings. The fraction of sp³-hybridized carbons (Fsp3) is 0.400. The first-order valence-corrected chi connectivity index (χ1v) is 6.93. The summed E-state index contributed by atoms with van der Waals surface area (Å²) in [5.74, 6) is 0.943. The molecule has 0 unspecified atom stereocenters. The van der Waals surface area contributed by atoms with Crippen molar-refractivity contribution in [1.29, 1.82) is 0 Å². The number of nitrogens with zero attached hydrogens (tertiary/aromatic N) is 3. The predicted octanol–water partition coefficient (Wildman–Crippen LogP) is 3.52. The number of aromatic nitrogens is 1. The molecule has 0 radical (unpaired) electrons. The highest BCUT2D eigenvalue weighted by Gasteiger charge is 2.20. The lowest BCUT2D eigenvalue weighted by molar-refractivity contribution is -0.384. The van der Waals surface area contributed by atoms with Crippen LogP contribution in [0.5, 0.6) is 0 Å². The van der Waals surface area contributed by atoms with E-state index in [0.29, 0.717) is 6.04 Å². The first kappa shape index (κ1) is 12.8. The SMILES string of the molecule is CN(c1ccc2cc([N+](=O)[O-])ccc2n1)C1CCCC1. The van der Waals surface area contributed by atoms with Crippen molar-refractivity contribution in [2.45, 2.75) is 31.7 Å². The van der Waals surface area contributed by atoms with Crippen molar-refractivity contribution in [3.63, 3.8) is 0 Å². The molecule has 1 aliphatic carbocycles. The van der Waals surface area contributed by atoms with E-state index in [1.165, 1.54) is 31.7 Å². The van der Waals surface area contributed by atoms with Gasteiger partial charge in [0.05, 0.1) is 10.4 Å². The van der Waals surface area contributed by atoms with Crippen LogP contribution in [0, 0.1) is 10.1 Å². The molecular weight excluding hydrogens is 254 g/mol. The Labute approximate surface area is 117 Å². The molecule has 0 aliphatic heterocycles. The molecule has 1 aliphatic rings. The lowest BCUT2D eigenvalue weighted by atomic mass is 10.2. The lowest BCUT2D eigenvalue weighted by Gasteiger charge is -2.25. The van der Waals surface area contributed by atoms with Crippen molar-refractivity contribution in [2.24, 2.45) is 0 Å². The van der Waals surface area contributed by atoms with Crippen molar-refractivity contribution in [3.05, 3.63) is 40.4 Å². The van der Waals surface area contributed by atoms with Crippen molar-refractivity contribution < 1.29 is 4.92 Å². The number of benzene rings is 1. The van der Waals surface area contributed by atoms with E-state index in [2.05, 4.69) is 16.9 Å². The Balaban J connectivity index is 1.94. The molecule has 0 saturated heterocycles. The Morgan fingerprint density at radius 3 is 2.70 bits per heavy atom. The largest absolute Gasteiger partial charge is 0.357 e. The highest BCUT2D eigenvalue weighted by atomic mass is 16.6. The molecule has 5 heteroatoms. The number of non-ortho nitro benzene ring substituents is 1. The van der Waals surface area contributed by atoms with Gasteiger partial charge in [-0.05, 0) is 31.0 Å². The molecule has 1 heterocycles. The maximum Gasteiger partial charge on any atom is 0.270 e. The van der Waals surface area contributed by atoms with Gasteiger partial charge >= 0.3 is 0 Å². The topological polar surface area (TPSA) is 59.3 Å². The van der Waals surface area contributed by atoms with Crippen LogP contribution in [0.15, 0.2) is 30.3 Å². The number of nitro benzene ring substituents is 1. The number of rotatable bonds is 3. The van der Waals surface area contributed by atoms with E-state index in [-0.39, 0.29) is 10.6 Å². The minimum atomic E-state index is -0.377. The first-order chi connectivity index (χ1) is 9.65. The van der Waals surface area contributed by atoms with Gasteiger partial charge < -0.3 is 4.90 Å². The molecule has 1 aromatic carbocycles. The molecule has 0 amide bonds. The molecule has 2 aromatic rings. The summed E-state index contributed by atoms with van der Waals surface area (Å²) in [6.07, 6.45) is 5.01. The van der Waals surface area contributed by atoms with Crippen LogP contribution in [0.25, 0.3) is 10.9 Å². The summed E-state index contributed by atoms with van der Waals surface area (Å²) < 4.78 is 0. The first-order valence-electron chi connectivity index (χ1n) is 6.93. The average Bonchev–Trinajstić information content (AvgIpc) is 2.99. The van der Waals surface area contributed by atoms with Gasteiger partial charge in [0.2, 0.25) is 0 Å². The van der Waals surface area contributed by atoms with Gasteiger partial charge in [0.25, 0.3) is 5.69 Å². The highest BCUT2D eigenvalue weighted by molar-refractivity contribution is 5.82. The van der Waals surface area contributed by atoms with Gasteiger partial charge in [-0.25, -0.2) is 4.98 Å². The monoisotopic (exact) mass is 271 g/mol. The summed E-state index contributed by atoms with van der Waals surface area (Å²) in [5, 5.41) is 11.6. The second-order valence-corrected chi connectivity index (χ2v) is 5.35. The molecule has 0 atom stereocenters. The second-order valence-electron chi connectivity index (χ2n) is 5.35. The van der Waals surface area contributed by atoms with E-state index < -0.39 is 0 Å². The number of nitro groups is 1. The molecule has 0 spiro atoms. The standard InChI is InChI=1S/C15H17N3O2/c1-17(12-4-2-3-5-12)15-9-6-11-10-13(18(19)20)7-8-14(11)16-15/h6-10,12H,2-5H2,1H3. The number of hydrogen-bond acceptors (Lipinski definition) is 4. The molecule has 3 rings (SSSR count). The fourth-order valence-corrected chi connectivity index (χ4v) is 2.89. The zero-order chi connectivity index (χ0) is 14.1. The summed E-state index contributed by atoms with van der Waals surface area (Å²) in [6.45, 7) is 0. The van der Waals surface area contributed by atoms with Crippen molar-refractivity contribution in [1.82, 2.24) is 4.98 Å². The predicted molar refractivity (Wildman–Crippen MR) is 79.1 cm³/mol. The summed E-state index contributed by atoms with van der Waals surface area (Å²) in [7, 11) is 2.08. The zero-order valence-corrected chi connectivity index (χ0v) is 11.5. The molecular formula is C15H17N3O2. The van der Waals surface area contributed by atoms with Crippen LogP contribution < -0.4 is 4.90 Å². The maximum absolute atomic E-state index is 10.8. The van der Waals surface area contributed by atoms with Crippen LogP contribution in [0.4, 0.5) is 11.5 Å². The molecule has 104 valence electrons. The van der Waals surface area contributed by atoms with Gasteiger partial charge in [-0.2, -0.15) is 0 Å². The van der Waals surface area contributed by atoms with E-state index in [9.17, 15) is 10.1 Å². The zero-order valence-electron chi connectivity index (χ0n) is 11.5. The van der Waals surface area contributed by atoms with Gasteiger partial charge in [-0.3, -0.25) is 10.1 Å². The van der Waals surface area contributed by atoms with Gasteiger partial charge in [0.15, 0.2) is 0 Å². The van der Waals surface area contributed by atoms with Crippen LogP contribution in [-0.4, -0.2) is 23.0 Å². The average molecular weight is 271 g/mol. The van der Waals surface area contributed by atoms with Crippen molar-refractivity contribution in [2.75, 3.05) is 11.9 Å². The third-order valence-corrected chi connectivity index (χ3v) is 4.10. The van der Waals surface area contributed by atoms with Gasteiger partial charge in [-0.1, -0.05) is 12.8 Å². The summed E-state index contributed by atoms with van der Waals surface area (Å²) in [5.41, 5.74) is 0.911. The van der Waals surface area contributed by atoms with E-state index in [0.717, 1.165) is 16.7 Å².